The molecule has 0 saturated carbocycles. The molecule has 1 amide bonds. The van der Waals surface area contributed by atoms with Crippen molar-refractivity contribution < 1.29 is 24.5 Å². The molecule has 7 heteroatoms. The Kier molecular flexibility index (Phi) is 6.33. The molecule has 0 radical (unpaired) electrons. The number of hydrogen-bond acceptors (Lipinski definition) is 5. The highest BCUT2D eigenvalue weighted by Crippen LogP contribution is 2.36. The smallest absolute Gasteiger partial charge is 0.240 e. The second kappa shape index (κ2) is 8.68. The van der Waals surface area contributed by atoms with Gasteiger partial charge in [-0.15, -0.1) is 0 Å². The second-order valence-electron chi connectivity index (χ2n) is 5.50. The highest BCUT2D eigenvalue weighted by atomic mass is 19.1. The van der Waals surface area contributed by atoms with Gasteiger partial charge in [0.25, 0.3) is 0 Å². The SMILES string of the molecule is O=C(CCCCc1ccc(F)cc1)N/N=C/c1ccc(O)c(O)c1O. The topological polar surface area (TPSA) is 102 Å². The van der Waals surface area contributed by atoms with E-state index in [2.05, 4.69) is 10.5 Å². The molecular formula is C18H19FN2O4. The van der Waals surface area contributed by atoms with Gasteiger partial charge in [0.15, 0.2) is 11.5 Å². The molecule has 132 valence electrons. The summed E-state index contributed by atoms with van der Waals surface area (Å²) in [5.74, 6) is -2.15. The Balaban J connectivity index is 1.72. The number of nitrogens with zero attached hydrogens (tertiary/aromatic N) is 1. The average Bonchev–Trinajstić information content (AvgIpc) is 2.60. The normalized spacial score (nSPS) is 10.9. The maximum Gasteiger partial charge on any atom is 0.240 e. The quantitative estimate of drug-likeness (QED) is 0.268. The van der Waals surface area contributed by atoms with Crippen molar-refractivity contribution in [1.82, 2.24) is 5.43 Å². The lowest BCUT2D eigenvalue weighted by Gasteiger charge is -2.04. The number of rotatable bonds is 7. The summed E-state index contributed by atoms with van der Waals surface area (Å²) >= 11 is 0. The molecule has 0 atom stereocenters. The summed E-state index contributed by atoms with van der Waals surface area (Å²) in [5, 5.41) is 31.9. The van der Waals surface area contributed by atoms with E-state index in [4.69, 9.17) is 0 Å². The molecule has 0 aromatic heterocycles. The maximum atomic E-state index is 12.8. The van der Waals surface area contributed by atoms with E-state index in [-0.39, 0.29) is 23.7 Å². The zero-order valence-electron chi connectivity index (χ0n) is 13.4. The minimum absolute atomic E-state index is 0.159. The number of benzene rings is 2. The molecule has 0 spiro atoms. The summed E-state index contributed by atoms with van der Waals surface area (Å²) in [7, 11) is 0. The van der Waals surface area contributed by atoms with Crippen LogP contribution < -0.4 is 5.43 Å². The van der Waals surface area contributed by atoms with Crippen LogP contribution in [0, 0.1) is 5.82 Å². The molecule has 0 aliphatic carbocycles. The third-order valence-electron chi connectivity index (χ3n) is 3.59. The van der Waals surface area contributed by atoms with Gasteiger partial charge in [0.1, 0.15) is 5.82 Å². The summed E-state index contributed by atoms with van der Waals surface area (Å²) in [5.41, 5.74) is 3.50. The highest BCUT2D eigenvalue weighted by molar-refractivity contribution is 5.86. The lowest BCUT2D eigenvalue weighted by atomic mass is 10.1. The molecule has 2 rings (SSSR count). The largest absolute Gasteiger partial charge is 0.504 e. The number of halogens is 1. The van der Waals surface area contributed by atoms with E-state index >= 15 is 0 Å². The lowest BCUT2D eigenvalue weighted by molar-refractivity contribution is -0.121. The predicted octanol–water partition coefficient (Wildman–Crippen LogP) is 2.81. The molecular weight excluding hydrogens is 327 g/mol. The number of carbonyl (C=O) groups is 1. The van der Waals surface area contributed by atoms with Crippen LogP contribution >= 0.6 is 0 Å². The number of phenolic OH excluding ortho intramolecular Hbond substituents is 3. The van der Waals surface area contributed by atoms with Gasteiger partial charge in [0.2, 0.25) is 11.7 Å². The van der Waals surface area contributed by atoms with E-state index < -0.39 is 17.2 Å². The van der Waals surface area contributed by atoms with Gasteiger partial charge in [-0.2, -0.15) is 5.10 Å². The van der Waals surface area contributed by atoms with Crippen molar-refractivity contribution in [3.8, 4) is 17.2 Å². The van der Waals surface area contributed by atoms with Gasteiger partial charge in [0.05, 0.1) is 6.21 Å². The summed E-state index contributed by atoms with van der Waals surface area (Å²) in [6.07, 6.45) is 3.66. The van der Waals surface area contributed by atoms with E-state index in [0.717, 1.165) is 18.4 Å². The molecule has 4 N–H and O–H groups in total. The molecule has 0 fully saturated rings. The Labute approximate surface area is 144 Å². The monoisotopic (exact) mass is 346 g/mol. The summed E-state index contributed by atoms with van der Waals surface area (Å²) in [6.45, 7) is 0. The van der Waals surface area contributed by atoms with Crippen LogP contribution in [0.3, 0.4) is 0 Å². The first kappa shape index (κ1) is 18.3. The minimum Gasteiger partial charge on any atom is -0.504 e. The van der Waals surface area contributed by atoms with Gasteiger partial charge < -0.3 is 15.3 Å². The van der Waals surface area contributed by atoms with E-state index in [1.807, 2.05) is 0 Å². The Bertz CT molecular complexity index is 760. The number of nitrogens with one attached hydrogen (secondary N) is 1. The summed E-state index contributed by atoms with van der Waals surface area (Å²) < 4.78 is 12.8. The zero-order valence-corrected chi connectivity index (χ0v) is 13.4. The number of amides is 1. The molecule has 0 aliphatic rings. The Morgan fingerprint density at radius 1 is 1.04 bits per heavy atom. The number of phenols is 3. The molecule has 2 aromatic carbocycles. The maximum absolute atomic E-state index is 12.8. The van der Waals surface area contributed by atoms with Crippen molar-refractivity contribution in [3.05, 3.63) is 53.3 Å². The van der Waals surface area contributed by atoms with Gasteiger partial charge in [-0.1, -0.05) is 12.1 Å². The van der Waals surface area contributed by atoms with E-state index in [0.29, 0.717) is 6.42 Å². The first-order valence-electron chi connectivity index (χ1n) is 7.77. The van der Waals surface area contributed by atoms with Crippen LogP contribution in [0.4, 0.5) is 4.39 Å². The van der Waals surface area contributed by atoms with Crippen LogP contribution in [-0.4, -0.2) is 27.4 Å². The standard InChI is InChI=1S/C18H19FN2O4/c19-14-8-5-12(6-9-14)3-1-2-4-16(23)21-20-11-13-7-10-15(22)18(25)17(13)24/h5-11,22,24-25H,1-4H2,(H,21,23)/b20-11+. The lowest BCUT2D eigenvalue weighted by Crippen LogP contribution is -2.17. The number of hydrazone groups is 1. The average molecular weight is 346 g/mol. The van der Waals surface area contributed by atoms with Crippen molar-refractivity contribution in [2.45, 2.75) is 25.7 Å². The number of aromatic hydroxyl groups is 3. The first-order chi connectivity index (χ1) is 12.0. The van der Waals surface area contributed by atoms with E-state index in [1.165, 1.54) is 30.5 Å². The minimum atomic E-state index is -0.643. The zero-order chi connectivity index (χ0) is 18.2. The Morgan fingerprint density at radius 2 is 1.76 bits per heavy atom. The van der Waals surface area contributed by atoms with Gasteiger partial charge in [-0.25, -0.2) is 9.82 Å². The molecule has 0 saturated heterocycles. The van der Waals surface area contributed by atoms with Gasteiger partial charge in [-0.3, -0.25) is 4.79 Å². The fourth-order valence-corrected chi connectivity index (χ4v) is 2.18. The van der Waals surface area contributed by atoms with Crippen molar-refractivity contribution in [3.63, 3.8) is 0 Å². The number of hydrogen-bond donors (Lipinski definition) is 4. The number of carbonyl (C=O) groups excluding carboxylic acids is 1. The van der Waals surface area contributed by atoms with Crippen molar-refractivity contribution >= 4 is 12.1 Å². The molecule has 2 aromatic rings. The van der Waals surface area contributed by atoms with E-state index in [1.54, 1.807) is 12.1 Å². The van der Waals surface area contributed by atoms with Crippen molar-refractivity contribution in [1.29, 1.82) is 0 Å². The molecule has 25 heavy (non-hydrogen) atoms. The van der Waals surface area contributed by atoms with Crippen LogP contribution in [0.25, 0.3) is 0 Å². The molecule has 0 heterocycles. The van der Waals surface area contributed by atoms with Crippen molar-refractivity contribution in [2.24, 2.45) is 5.10 Å². The Hall–Kier alpha value is -3.09. The molecule has 0 bridgehead atoms. The summed E-state index contributed by atoms with van der Waals surface area (Å²) in [4.78, 5) is 11.7. The van der Waals surface area contributed by atoms with Gasteiger partial charge in [0, 0.05) is 12.0 Å². The molecule has 0 unspecified atom stereocenters. The number of aryl methyl sites for hydroxylation is 1. The molecule has 6 nitrogen and oxygen atoms in total. The molecule has 0 aliphatic heterocycles. The van der Waals surface area contributed by atoms with Crippen LogP contribution in [0.15, 0.2) is 41.5 Å². The fourth-order valence-electron chi connectivity index (χ4n) is 2.18. The van der Waals surface area contributed by atoms with Gasteiger partial charge >= 0.3 is 0 Å². The third kappa shape index (κ3) is 5.49. The predicted molar refractivity (Wildman–Crippen MR) is 91.1 cm³/mol. The fraction of sp³-hybridized carbons (Fsp3) is 0.222. The van der Waals surface area contributed by atoms with E-state index in [9.17, 15) is 24.5 Å². The first-order valence-corrected chi connectivity index (χ1v) is 7.77. The third-order valence-corrected chi connectivity index (χ3v) is 3.59. The second-order valence-corrected chi connectivity index (χ2v) is 5.50. The van der Waals surface area contributed by atoms with Crippen LogP contribution in [0.5, 0.6) is 17.2 Å². The Morgan fingerprint density at radius 3 is 2.48 bits per heavy atom. The van der Waals surface area contributed by atoms with Crippen LogP contribution in [0.1, 0.15) is 30.4 Å². The summed E-state index contributed by atoms with van der Waals surface area (Å²) in [6, 6.07) is 8.81. The van der Waals surface area contributed by atoms with Crippen LogP contribution in [-0.2, 0) is 11.2 Å². The van der Waals surface area contributed by atoms with Gasteiger partial charge in [-0.05, 0) is 49.1 Å². The number of unbranched alkanes of at least 4 members (excludes halogenated alkanes) is 1. The van der Waals surface area contributed by atoms with Crippen LogP contribution in [0.2, 0.25) is 0 Å². The van der Waals surface area contributed by atoms with Crippen molar-refractivity contribution in [2.75, 3.05) is 0 Å². The highest BCUT2D eigenvalue weighted by Gasteiger charge is 2.09.